The van der Waals surface area contributed by atoms with Crippen LogP contribution in [0.1, 0.15) is 78.6 Å². The lowest BCUT2D eigenvalue weighted by atomic mass is 9.45. The van der Waals surface area contributed by atoms with Crippen molar-refractivity contribution in [3.8, 4) is 0 Å². The van der Waals surface area contributed by atoms with Crippen LogP contribution in [0.5, 0.6) is 0 Å². The van der Waals surface area contributed by atoms with Crippen molar-refractivity contribution < 1.29 is 28.9 Å². The van der Waals surface area contributed by atoms with Gasteiger partial charge in [0.15, 0.2) is 0 Å². The number of hydrogen-bond acceptors (Lipinski definition) is 6. The largest absolute Gasteiger partial charge is 0.481 e. The van der Waals surface area contributed by atoms with Gasteiger partial charge in [0.2, 0.25) is 0 Å². The molecule has 0 radical (unpaired) electrons. The Hall–Kier alpha value is -1.44. The summed E-state index contributed by atoms with van der Waals surface area (Å²) in [6.45, 7) is 9.11. The maximum atomic E-state index is 12.8. The molecule has 4 fully saturated rings. The summed E-state index contributed by atoms with van der Waals surface area (Å²) in [6.07, 6.45) is 10.2. The molecular formula is C32H51NO6. The van der Waals surface area contributed by atoms with E-state index in [0.29, 0.717) is 49.9 Å². The van der Waals surface area contributed by atoms with Crippen molar-refractivity contribution in [3.05, 3.63) is 11.6 Å². The number of aliphatic carboxylic acids is 1. The molecule has 220 valence electrons. The van der Waals surface area contributed by atoms with Gasteiger partial charge in [0.25, 0.3) is 0 Å². The zero-order valence-electron chi connectivity index (χ0n) is 24.5. The molecule has 1 aliphatic heterocycles. The van der Waals surface area contributed by atoms with E-state index in [2.05, 4.69) is 25.2 Å². The fraction of sp³-hybridized carbons (Fsp3) is 0.875. The van der Waals surface area contributed by atoms with Gasteiger partial charge in [0.1, 0.15) is 6.10 Å². The Morgan fingerprint density at radius 2 is 2.00 bits per heavy atom. The second kappa shape index (κ2) is 12.2. The molecule has 39 heavy (non-hydrogen) atoms. The number of rotatable bonds is 10. The highest BCUT2D eigenvalue weighted by Gasteiger charge is 2.63. The monoisotopic (exact) mass is 545 g/mol. The van der Waals surface area contributed by atoms with Crippen molar-refractivity contribution in [1.82, 2.24) is 5.32 Å². The van der Waals surface area contributed by atoms with Crippen molar-refractivity contribution in [2.45, 2.75) is 90.8 Å². The van der Waals surface area contributed by atoms with Gasteiger partial charge in [-0.05, 0) is 93.9 Å². The first-order valence-corrected chi connectivity index (χ1v) is 15.8. The summed E-state index contributed by atoms with van der Waals surface area (Å²) in [5.41, 5.74) is 1.37. The molecule has 0 amide bonds. The van der Waals surface area contributed by atoms with E-state index in [0.717, 1.165) is 57.9 Å². The standard InChI is InChI=1S/C32H51NO6/c1-5-6-28(34)39-27-16-32-18-37-17-24(30(27)38-14-13-33-4)26(32)11-9-22-21-8-7-20(15-19(2)3)29(31(35)36)23(21)10-12-25(22)32/h12,19-24,26-27,29-30,33H,5-11,13-18H2,1-4H3,(H,35,36)/t20?,21?,22?,23?,24?,26?,27-,29?,30-,32-/m1/s1. The molecule has 5 rings (SSSR count). The number of carboxylic acid groups (broad SMARTS) is 1. The fourth-order valence-corrected chi connectivity index (χ4v) is 9.71. The Morgan fingerprint density at radius 3 is 2.72 bits per heavy atom. The zero-order valence-corrected chi connectivity index (χ0v) is 24.5. The van der Waals surface area contributed by atoms with E-state index in [1.54, 1.807) is 0 Å². The van der Waals surface area contributed by atoms with E-state index in [9.17, 15) is 14.7 Å². The van der Waals surface area contributed by atoms with Gasteiger partial charge in [-0.2, -0.15) is 0 Å². The molecule has 2 bridgehead atoms. The third kappa shape index (κ3) is 5.44. The van der Waals surface area contributed by atoms with Gasteiger partial charge in [-0.15, -0.1) is 0 Å². The predicted octanol–water partition coefficient (Wildman–Crippen LogP) is 5.09. The minimum Gasteiger partial charge on any atom is -0.481 e. The third-order valence-corrected chi connectivity index (χ3v) is 11.0. The van der Waals surface area contributed by atoms with Crippen LogP contribution < -0.4 is 5.32 Å². The molecule has 10 atom stereocenters. The molecule has 0 aromatic heterocycles. The van der Waals surface area contributed by atoms with Crippen LogP contribution in [0.4, 0.5) is 0 Å². The third-order valence-electron chi connectivity index (χ3n) is 11.0. The lowest BCUT2D eigenvalue weighted by molar-refractivity contribution is -0.225. The molecule has 1 saturated heterocycles. The van der Waals surface area contributed by atoms with Crippen LogP contribution in [-0.2, 0) is 23.8 Å². The maximum Gasteiger partial charge on any atom is 0.307 e. The summed E-state index contributed by atoms with van der Waals surface area (Å²) in [5, 5.41) is 13.5. The lowest BCUT2D eigenvalue weighted by Crippen LogP contribution is -2.64. The molecule has 0 aromatic carbocycles. The number of likely N-dealkylation sites (N-methyl/N-ethyl adjacent to an activating group) is 1. The van der Waals surface area contributed by atoms with E-state index in [1.807, 2.05) is 14.0 Å². The average molecular weight is 546 g/mol. The van der Waals surface area contributed by atoms with Gasteiger partial charge in [0.05, 0.1) is 31.8 Å². The van der Waals surface area contributed by atoms with Gasteiger partial charge in [-0.1, -0.05) is 32.4 Å². The number of nitrogens with one attached hydrogen (secondary N) is 1. The van der Waals surface area contributed by atoms with Crippen molar-refractivity contribution in [1.29, 1.82) is 0 Å². The Balaban J connectivity index is 1.45. The highest BCUT2D eigenvalue weighted by Crippen LogP contribution is 2.65. The van der Waals surface area contributed by atoms with E-state index in [1.165, 1.54) is 5.57 Å². The lowest BCUT2D eigenvalue weighted by Gasteiger charge is -2.63. The van der Waals surface area contributed by atoms with E-state index in [4.69, 9.17) is 14.2 Å². The molecule has 4 aliphatic carbocycles. The Morgan fingerprint density at radius 1 is 1.18 bits per heavy atom. The van der Waals surface area contributed by atoms with E-state index >= 15 is 0 Å². The molecule has 7 unspecified atom stereocenters. The Labute approximate surface area is 234 Å². The van der Waals surface area contributed by atoms with Crippen molar-refractivity contribution in [3.63, 3.8) is 0 Å². The summed E-state index contributed by atoms with van der Waals surface area (Å²) in [5.74, 6) is 1.56. The molecular weight excluding hydrogens is 494 g/mol. The van der Waals surface area contributed by atoms with Gasteiger partial charge in [-0.25, -0.2) is 0 Å². The highest BCUT2D eigenvalue weighted by molar-refractivity contribution is 5.71. The van der Waals surface area contributed by atoms with Crippen LogP contribution in [0.25, 0.3) is 0 Å². The Bertz CT molecular complexity index is 918. The number of allylic oxidation sites excluding steroid dienone is 1. The number of esters is 1. The first-order chi connectivity index (χ1) is 18.8. The zero-order chi connectivity index (χ0) is 27.7. The number of fused-ring (bicyclic) bond motifs is 3. The minimum absolute atomic E-state index is 0.128. The number of ether oxygens (including phenoxy) is 3. The van der Waals surface area contributed by atoms with E-state index < -0.39 is 5.97 Å². The first kappa shape index (κ1) is 29.1. The normalized spacial score (nSPS) is 41.2. The number of hydrogen-bond donors (Lipinski definition) is 2. The molecule has 3 saturated carbocycles. The molecule has 2 N–H and O–H groups in total. The maximum absolute atomic E-state index is 12.8. The summed E-state index contributed by atoms with van der Waals surface area (Å²) in [4.78, 5) is 25.3. The predicted molar refractivity (Wildman–Crippen MR) is 149 cm³/mol. The van der Waals surface area contributed by atoms with Crippen LogP contribution in [0.2, 0.25) is 0 Å². The van der Waals surface area contributed by atoms with Gasteiger partial charge in [-0.3, -0.25) is 9.59 Å². The number of carboxylic acids is 1. The van der Waals surface area contributed by atoms with Crippen LogP contribution in [0, 0.1) is 52.8 Å². The molecule has 7 heteroatoms. The summed E-state index contributed by atoms with van der Waals surface area (Å²) in [6, 6.07) is 0. The average Bonchev–Trinajstić information content (AvgIpc) is 2.89. The molecule has 0 spiro atoms. The minimum atomic E-state index is -0.595. The van der Waals surface area contributed by atoms with Crippen LogP contribution in [0.15, 0.2) is 11.6 Å². The fourth-order valence-electron chi connectivity index (χ4n) is 9.71. The molecule has 7 nitrogen and oxygen atoms in total. The quantitative estimate of drug-likeness (QED) is 0.224. The molecule has 5 aliphatic rings. The summed E-state index contributed by atoms with van der Waals surface area (Å²) >= 11 is 0. The van der Waals surface area contributed by atoms with Crippen molar-refractivity contribution in [2.24, 2.45) is 52.8 Å². The van der Waals surface area contributed by atoms with Crippen LogP contribution in [0.3, 0.4) is 0 Å². The second-order valence-electron chi connectivity index (χ2n) is 13.6. The van der Waals surface area contributed by atoms with Crippen LogP contribution in [-0.4, -0.2) is 62.7 Å². The van der Waals surface area contributed by atoms with Crippen LogP contribution >= 0.6 is 0 Å². The highest BCUT2D eigenvalue weighted by atomic mass is 16.6. The number of carbonyl (C=O) groups excluding carboxylic acids is 1. The molecule has 0 aromatic rings. The van der Waals surface area contributed by atoms with Gasteiger partial charge < -0.3 is 24.6 Å². The smallest absolute Gasteiger partial charge is 0.307 e. The summed E-state index contributed by atoms with van der Waals surface area (Å²) in [7, 11) is 1.92. The summed E-state index contributed by atoms with van der Waals surface area (Å²) < 4.78 is 19.0. The molecule has 1 heterocycles. The van der Waals surface area contributed by atoms with Gasteiger partial charge >= 0.3 is 11.9 Å². The van der Waals surface area contributed by atoms with Crippen molar-refractivity contribution >= 4 is 11.9 Å². The second-order valence-corrected chi connectivity index (χ2v) is 13.6. The number of carbonyl (C=O) groups is 2. The Kier molecular flexibility index (Phi) is 9.09. The SMILES string of the molecule is CCCC(=O)O[C@@H]1C[C@]23COCC(C2CCC2C3=CCC3C2CCC(CC(C)C)C3C(=O)O)[C@H]1OCCNC. The van der Waals surface area contributed by atoms with Crippen molar-refractivity contribution in [2.75, 3.05) is 33.4 Å². The first-order valence-electron chi connectivity index (χ1n) is 15.8. The van der Waals surface area contributed by atoms with E-state index in [-0.39, 0.29) is 47.3 Å². The topological polar surface area (TPSA) is 94.1 Å². The van der Waals surface area contributed by atoms with Gasteiger partial charge in [0, 0.05) is 24.3 Å².